The molecule has 0 radical (unpaired) electrons. The molecule has 2 heterocycles. The smallest absolute Gasteiger partial charge is 0.298 e. The summed E-state index contributed by atoms with van der Waals surface area (Å²) in [5.41, 5.74) is 1.80. The number of rotatable bonds is 1. The number of anilines is 1. The van der Waals surface area contributed by atoms with E-state index in [0.717, 1.165) is 43.3 Å². The van der Waals surface area contributed by atoms with Crippen molar-refractivity contribution < 1.29 is 4.42 Å². The van der Waals surface area contributed by atoms with Gasteiger partial charge in [0.1, 0.15) is 5.52 Å². The lowest BCUT2D eigenvalue weighted by molar-refractivity contribution is 0.517. The van der Waals surface area contributed by atoms with Gasteiger partial charge in [0, 0.05) is 26.2 Å². The highest BCUT2D eigenvalue weighted by molar-refractivity contribution is 5.85. The third-order valence-corrected chi connectivity index (χ3v) is 2.67. The molecule has 16 heavy (non-hydrogen) atoms. The van der Waals surface area contributed by atoms with E-state index in [0.29, 0.717) is 0 Å². The zero-order chi connectivity index (χ0) is 10.1. The zero-order valence-electron chi connectivity index (χ0n) is 8.85. The predicted molar refractivity (Wildman–Crippen MR) is 66.3 cm³/mol. The molecule has 1 aromatic heterocycles. The van der Waals surface area contributed by atoms with Crippen molar-refractivity contribution in [3.63, 3.8) is 0 Å². The largest absolute Gasteiger partial charge is 0.423 e. The van der Waals surface area contributed by atoms with Crippen LogP contribution in [0.4, 0.5) is 6.01 Å². The summed E-state index contributed by atoms with van der Waals surface area (Å²) in [7, 11) is 0. The monoisotopic (exact) mass is 239 g/mol. The van der Waals surface area contributed by atoms with E-state index in [1.807, 2.05) is 24.3 Å². The van der Waals surface area contributed by atoms with E-state index in [1.165, 1.54) is 0 Å². The van der Waals surface area contributed by atoms with Gasteiger partial charge in [-0.15, -0.1) is 12.4 Å². The average molecular weight is 240 g/mol. The summed E-state index contributed by atoms with van der Waals surface area (Å²) in [6.45, 7) is 3.93. The van der Waals surface area contributed by atoms with Crippen molar-refractivity contribution in [3.05, 3.63) is 24.3 Å². The number of nitrogens with zero attached hydrogens (tertiary/aromatic N) is 2. The first-order valence-electron chi connectivity index (χ1n) is 5.25. The number of piperazine rings is 1. The van der Waals surface area contributed by atoms with E-state index in [4.69, 9.17) is 4.42 Å². The third kappa shape index (κ3) is 1.99. The van der Waals surface area contributed by atoms with Crippen LogP contribution in [0.15, 0.2) is 28.7 Å². The summed E-state index contributed by atoms with van der Waals surface area (Å²) in [4.78, 5) is 6.64. The van der Waals surface area contributed by atoms with Crippen molar-refractivity contribution in [1.29, 1.82) is 0 Å². The number of hydrogen-bond donors (Lipinski definition) is 1. The first-order valence-corrected chi connectivity index (χ1v) is 5.25. The molecule has 0 aliphatic carbocycles. The second-order valence-electron chi connectivity index (χ2n) is 3.70. The van der Waals surface area contributed by atoms with E-state index < -0.39 is 0 Å². The summed E-state index contributed by atoms with van der Waals surface area (Å²) in [5.74, 6) is 0. The fourth-order valence-electron chi connectivity index (χ4n) is 1.85. The molecule has 0 unspecified atom stereocenters. The van der Waals surface area contributed by atoms with Crippen LogP contribution < -0.4 is 10.2 Å². The van der Waals surface area contributed by atoms with E-state index in [-0.39, 0.29) is 12.4 Å². The normalized spacial score (nSPS) is 16.1. The summed E-state index contributed by atoms with van der Waals surface area (Å²) >= 11 is 0. The second-order valence-corrected chi connectivity index (χ2v) is 3.70. The summed E-state index contributed by atoms with van der Waals surface area (Å²) in [5, 5.41) is 3.31. The number of oxazole rings is 1. The van der Waals surface area contributed by atoms with Gasteiger partial charge in [0.25, 0.3) is 6.01 Å². The standard InChI is InChI=1S/C11H13N3O.ClH/c1-2-4-10-9(3-1)13-11(15-10)14-7-5-12-6-8-14;/h1-4,12H,5-8H2;1H. The van der Waals surface area contributed by atoms with Gasteiger partial charge >= 0.3 is 0 Å². The first kappa shape index (κ1) is 11.2. The Kier molecular flexibility index (Phi) is 3.31. The lowest BCUT2D eigenvalue weighted by Crippen LogP contribution is -2.43. The molecule has 0 amide bonds. The Morgan fingerprint density at radius 1 is 1.19 bits per heavy atom. The summed E-state index contributed by atoms with van der Waals surface area (Å²) < 4.78 is 5.69. The molecule has 1 fully saturated rings. The lowest BCUT2D eigenvalue weighted by atomic mass is 10.3. The van der Waals surface area contributed by atoms with Crippen molar-refractivity contribution in [2.75, 3.05) is 31.1 Å². The highest BCUT2D eigenvalue weighted by atomic mass is 35.5. The quantitative estimate of drug-likeness (QED) is 0.822. The number of hydrogen-bond acceptors (Lipinski definition) is 4. The molecule has 0 atom stereocenters. The van der Waals surface area contributed by atoms with Crippen LogP contribution in [0, 0.1) is 0 Å². The van der Waals surface area contributed by atoms with Crippen LogP contribution in [-0.4, -0.2) is 31.2 Å². The molecule has 2 aromatic rings. The maximum atomic E-state index is 5.69. The molecule has 1 aliphatic heterocycles. The Morgan fingerprint density at radius 2 is 1.94 bits per heavy atom. The van der Waals surface area contributed by atoms with Gasteiger partial charge in [-0.25, -0.2) is 0 Å². The first-order chi connectivity index (χ1) is 7.43. The molecule has 5 heteroatoms. The fourth-order valence-corrected chi connectivity index (χ4v) is 1.85. The van der Waals surface area contributed by atoms with Crippen LogP contribution in [0.5, 0.6) is 0 Å². The van der Waals surface area contributed by atoms with E-state index in [2.05, 4.69) is 15.2 Å². The van der Waals surface area contributed by atoms with Gasteiger partial charge in [-0.3, -0.25) is 0 Å². The van der Waals surface area contributed by atoms with Gasteiger partial charge in [-0.2, -0.15) is 4.98 Å². The molecule has 1 N–H and O–H groups in total. The third-order valence-electron chi connectivity index (χ3n) is 2.67. The van der Waals surface area contributed by atoms with Crippen LogP contribution in [0.3, 0.4) is 0 Å². The number of aromatic nitrogens is 1. The lowest BCUT2D eigenvalue weighted by Gasteiger charge is -2.25. The van der Waals surface area contributed by atoms with Crippen molar-refractivity contribution in [3.8, 4) is 0 Å². The molecular weight excluding hydrogens is 226 g/mol. The van der Waals surface area contributed by atoms with Crippen LogP contribution in [-0.2, 0) is 0 Å². The SMILES string of the molecule is Cl.c1ccc2oc(N3CCNCC3)nc2c1. The fraction of sp³-hybridized carbons (Fsp3) is 0.364. The number of benzene rings is 1. The van der Waals surface area contributed by atoms with Gasteiger partial charge in [-0.05, 0) is 12.1 Å². The van der Waals surface area contributed by atoms with Gasteiger partial charge in [0.2, 0.25) is 0 Å². The van der Waals surface area contributed by atoms with Gasteiger partial charge in [-0.1, -0.05) is 12.1 Å². The Balaban J connectivity index is 0.000000963. The van der Waals surface area contributed by atoms with E-state index >= 15 is 0 Å². The maximum absolute atomic E-state index is 5.69. The van der Waals surface area contributed by atoms with Crippen molar-refractivity contribution in [1.82, 2.24) is 10.3 Å². The molecule has 86 valence electrons. The van der Waals surface area contributed by atoms with E-state index in [1.54, 1.807) is 0 Å². The second kappa shape index (κ2) is 4.72. The summed E-state index contributed by atoms with van der Waals surface area (Å²) in [6.07, 6.45) is 0. The number of nitrogens with one attached hydrogen (secondary N) is 1. The van der Waals surface area contributed by atoms with E-state index in [9.17, 15) is 0 Å². The topological polar surface area (TPSA) is 41.3 Å². The van der Waals surface area contributed by atoms with Crippen LogP contribution >= 0.6 is 12.4 Å². The Labute approximate surface area is 100 Å². The Hall–Kier alpha value is -1.26. The molecule has 0 spiro atoms. The Morgan fingerprint density at radius 3 is 2.69 bits per heavy atom. The van der Waals surface area contributed by atoms with Crippen LogP contribution in [0.2, 0.25) is 0 Å². The van der Waals surface area contributed by atoms with Crippen molar-refractivity contribution in [2.24, 2.45) is 0 Å². The Bertz CT molecular complexity index is 432. The zero-order valence-corrected chi connectivity index (χ0v) is 9.67. The maximum Gasteiger partial charge on any atom is 0.298 e. The average Bonchev–Trinajstić information content (AvgIpc) is 2.74. The van der Waals surface area contributed by atoms with Crippen molar-refractivity contribution >= 4 is 29.5 Å². The molecule has 0 saturated carbocycles. The highest BCUT2D eigenvalue weighted by Crippen LogP contribution is 2.21. The van der Waals surface area contributed by atoms with Gasteiger partial charge in [0.05, 0.1) is 0 Å². The molecule has 4 nitrogen and oxygen atoms in total. The van der Waals surface area contributed by atoms with Crippen LogP contribution in [0.1, 0.15) is 0 Å². The van der Waals surface area contributed by atoms with Crippen molar-refractivity contribution in [2.45, 2.75) is 0 Å². The molecule has 1 aromatic carbocycles. The summed E-state index contributed by atoms with van der Waals surface area (Å²) in [6, 6.07) is 8.62. The minimum Gasteiger partial charge on any atom is -0.423 e. The molecule has 3 rings (SSSR count). The number of para-hydroxylation sites is 2. The van der Waals surface area contributed by atoms with Gasteiger partial charge in [0.15, 0.2) is 5.58 Å². The predicted octanol–water partition coefficient (Wildman–Crippen LogP) is 1.66. The molecular formula is C11H14ClN3O. The molecule has 0 bridgehead atoms. The minimum atomic E-state index is 0. The van der Waals surface area contributed by atoms with Crippen LogP contribution in [0.25, 0.3) is 11.1 Å². The number of halogens is 1. The van der Waals surface area contributed by atoms with Gasteiger partial charge < -0.3 is 14.6 Å². The number of fused-ring (bicyclic) bond motifs is 1. The highest BCUT2D eigenvalue weighted by Gasteiger charge is 2.15. The molecule has 1 saturated heterocycles. The minimum absolute atomic E-state index is 0. The molecule has 1 aliphatic rings.